The van der Waals surface area contributed by atoms with E-state index in [2.05, 4.69) is 24.8 Å². The first-order valence-electron chi connectivity index (χ1n) is 7.70. The zero-order chi connectivity index (χ0) is 21.8. The summed E-state index contributed by atoms with van der Waals surface area (Å²) in [5.41, 5.74) is 0.895. The number of anilines is 2. The van der Waals surface area contributed by atoms with Crippen LogP contribution in [0, 0.1) is 6.92 Å². The molecule has 1 N–H and O–H groups in total. The lowest BCUT2D eigenvalue weighted by Gasteiger charge is -2.16. The summed E-state index contributed by atoms with van der Waals surface area (Å²) in [6.45, 7) is -1.68. The van der Waals surface area contributed by atoms with Crippen LogP contribution in [0.4, 0.5) is 42.1 Å². The maximum atomic E-state index is 12.3. The van der Waals surface area contributed by atoms with Crippen molar-refractivity contribution in [1.29, 1.82) is 0 Å². The van der Waals surface area contributed by atoms with Gasteiger partial charge >= 0.3 is 18.4 Å². The van der Waals surface area contributed by atoms with E-state index in [1.807, 2.05) is 0 Å². The van der Waals surface area contributed by atoms with Crippen molar-refractivity contribution in [2.45, 2.75) is 19.3 Å². The number of rotatable bonds is 6. The lowest BCUT2D eigenvalue weighted by Crippen LogP contribution is -2.31. The minimum Gasteiger partial charge on any atom is -0.468 e. The highest BCUT2D eigenvalue weighted by Gasteiger charge is 2.30. The molecule has 0 fully saturated rings. The van der Waals surface area contributed by atoms with Gasteiger partial charge in [0.15, 0.2) is 13.2 Å². The number of nitrogens with one attached hydrogen (secondary N) is 1. The van der Waals surface area contributed by atoms with E-state index >= 15 is 0 Å². The number of amides is 2. The molecule has 14 heteroatoms. The highest BCUT2D eigenvalue weighted by Crippen LogP contribution is 2.26. The Labute approximate surface area is 164 Å². The number of urea groups is 1. The molecule has 0 radical (unpaired) electrons. The Balaban J connectivity index is 2.20. The Kier molecular flexibility index (Phi) is 6.77. The fourth-order valence-corrected chi connectivity index (χ4v) is 2.66. The summed E-state index contributed by atoms with van der Waals surface area (Å²) >= 11 is 1.25. The van der Waals surface area contributed by atoms with Gasteiger partial charge in [-0.1, -0.05) is 0 Å². The van der Waals surface area contributed by atoms with E-state index in [4.69, 9.17) is 0 Å². The van der Waals surface area contributed by atoms with Crippen LogP contribution in [0.1, 0.15) is 5.56 Å². The molecule has 0 saturated carbocycles. The van der Waals surface area contributed by atoms with E-state index in [0.29, 0.717) is 11.1 Å². The third-order valence-corrected chi connectivity index (χ3v) is 4.14. The highest BCUT2D eigenvalue weighted by atomic mass is 32.1. The monoisotopic (exact) mass is 444 g/mol. The zero-order valence-corrected chi connectivity index (χ0v) is 15.7. The second-order valence-electron chi connectivity index (χ2n) is 5.63. The Morgan fingerprint density at radius 1 is 1.07 bits per heavy atom. The Hall–Kier alpha value is -2.77. The van der Waals surface area contributed by atoms with Gasteiger partial charge in [0.2, 0.25) is 17.7 Å². The van der Waals surface area contributed by atoms with Gasteiger partial charge in [-0.3, -0.25) is 10.2 Å². The van der Waals surface area contributed by atoms with E-state index in [-0.39, 0.29) is 0 Å². The van der Waals surface area contributed by atoms with Crippen molar-refractivity contribution >= 4 is 28.3 Å². The van der Waals surface area contributed by atoms with Crippen LogP contribution >= 0.6 is 11.3 Å². The smallest absolute Gasteiger partial charge is 0.422 e. The molecule has 2 aromatic heterocycles. The number of ether oxygens (including phenoxy) is 2. The van der Waals surface area contributed by atoms with E-state index < -0.39 is 49.3 Å². The van der Waals surface area contributed by atoms with Crippen molar-refractivity contribution in [3.8, 4) is 11.8 Å². The molecule has 0 aromatic carbocycles. The lowest BCUT2D eigenvalue weighted by atomic mass is 10.4. The highest BCUT2D eigenvalue weighted by molar-refractivity contribution is 7.14. The minimum absolute atomic E-state index is 0.540. The number of hydrogen-bond acceptors (Lipinski definition) is 6. The van der Waals surface area contributed by atoms with Crippen molar-refractivity contribution in [3.63, 3.8) is 0 Å². The minimum atomic E-state index is -4.71. The number of nitrogens with zero attached hydrogens (tertiary/aromatic N) is 3. The molecular formula is C15H14F6N4O3S. The Morgan fingerprint density at radius 2 is 1.59 bits per heavy atom. The van der Waals surface area contributed by atoms with E-state index in [1.54, 1.807) is 18.4 Å². The molecule has 29 heavy (non-hydrogen) atoms. The maximum absolute atomic E-state index is 12.3. The molecule has 0 spiro atoms. The first-order chi connectivity index (χ1) is 13.3. The van der Waals surface area contributed by atoms with Crippen molar-refractivity contribution in [1.82, 2.24) is 9.97 Å². The molecular weight excluding hydrogens is 430 g/mol. The number of thiophene rings is 1. The number of alkyl halides is 6. The van der Waals surface area contributed by atoms with E-state index in [1.165, 1.54) is 23.3 Å². The molecule has 2 heterocycles. The third-order valence-electron chi connectivity index (χ3n) is 3.02. The van der Waals surface area contributed by atoms with Crippen molar-refractivity contribution < 1.29 is 40.6 Å². The van der Waals surface area contributed by atoms with Gasteiger partial charge in [-0.2, -0.15) is 36.3 Å². The van der Waals surface area contributed by atoms with Gasteiger partial charge in [0, 0.05) is 7.05 Å². The molecule has 0 aliphatic heterocycles. The largest absolute Gasteiger partial charge is 0.468 e. The van der Waals surface area contributed by atoms with Crippen molar-refractivity contribution in [2.75, 3.05) is 30.5 Å². The normalized spacial score (nSPS) is 11.9. The second kappa shape index (κ2) is 8.71. The molecule has 2 aromatic rings. The van der Waals surface area contributed by atoms with Gasteiger partial charge in [-0.05, 0) is 23.9 Å². The molecule has 0 atom stereocenters. The standard InChI is InChI=1S/C15H14F6N4O3S/c1-8-3-11(29-5-8)25(2)13(26)24-12-22-9(27-6-14(16,17)18)4-10(23-12)28-7-15(19,20)21/h3-5H,6-7H2,1-2H3,(H,22,23,24,26). The second-order valence-corrected chi connectivity index (χ2v) is 6.52. The van der Waals surface area contributed by atoms with Crippen molar-refractivity contribution in [2.24, 2.45) is 0 Å². The Bertz CT molecular complexity index is 819. The zero-order valence-electron chi connectivity index (χ0n) is 14.9. The quantitative estimate of drug-likeness (QED) is 0.669. The first-order valence-corrected chi connectivity index (χ1v) is 8.58. The fourth-order valence-electron chi connectivity index (χ4n) is 1.79. The predicted octanol–water partition coefficient (Wildman–Crippen LogP) is 4.40. The first kappa shape index (κ1) is 22.5. The summed E-state index contributed by atoms with van der Waals surface area (Å²) in [5.74, 6) is -2.04. The molecule has 160 valence electrons. The van der Waals surface area contributed by atoms with Crippen molar-refractivity contribution in [3.05, 3.63) is 23.1 Å². The number of halogens is 6. The topological polar surface area (TPSA) is 76.6 Å². The summed E-state index contributed by atoms with van der Waals surface area (Å²) < 4.78 is 82.8. The molecule has 0 saturated heterocycles. The molecule has 0 bridgehead atoms. The summed E-state index contributed by atoms with van der Waals surface area (Å²) in [6.07, 6.45) is -9.42. The molecule has 2 amide bonds. The number of carbonyl (C=O) groups excluding carboxylic acids is 1. The summed E-state index contributed by atoms with van der Waals surface area (Å²) in [4.78, 5) is 20.6. The van der Waals surface area contributed by atoms with Gasteiger partial charge < -0.3 is 9.47 Å². The van der Waals surface area contributed by atoms with Gasteiger partial charge in [-0.15, -0.1) is 11.3 Å². The average Bonchev–Trinajstić information content (AvgIpc) is 3.02. The van der Waals surface area contributed by atoms with Crippen LogP contribution in [0.25, 0.3) is 0 Å². The van der Waals surface area contributed by atoms with Crippen LogP contribution in [0.3, 0.4) is 0 Å². The Morgan fingerprint density at radius 3 is 2.00 bits per heavy atom. The van der Waals surface area contributed by atoms with Gasteiger partial charge in [0.05, 0.1) is 11.1 Å². The maximum Gasteiger partial charge on any atom is 0.422 e. The van der Waals surface area contributed by atoms with Gasteiger partial charge in [-0.25, -0.2) is 4.79 Å². The van der Waals surface area contributed by atoms with Crippen LogP contribution < -0.4 is 19.7 Å². The average molecular weight is 444 g/mol. The van der Waals surface area contributed by atoms with Crippen LogP contribution in [0.5, 0.6) is 11.8 Å². The molecule has 0 unspecified atom stereocenters. The molecule has 0 aliphatic carbocycles. The fraction of sp³-hybridized carbons (Fsp3) is 0.400. The van der Waals surface area contributed by atoms with Crippen LogP contribution in [-0.2, 0) is 0 Å². The van der Waals surface area contributed by atoms with Gasteiger partial charge in [0.1, 0.15) is 0 Å². The predicted molar refractivity (Wildman–Crippen MR) is 91.6 cm³/mol. The number of carbonyl (C=O) groups is 1. The third kappa shape index (κ3) is 7.63. The van der Waals surface area contributed by atoms with Crippen LogP contribution in [0.2, 0.25) is 0 Å². The molecule has 7 nitrogen and oxygen atoms in total. The van der Waals surface area contributed by atoms with Gasteiger partial charge in [0.25, 0.3) is 0 Å². The molecule has 2 rings (SSSR count). The number of aryl methyl sites for hydroxylation is 1. The summed E-state index contributed by atoms with van der Waals surface area (Å²) in [5, 5.41) is 4.50. The molecule has 0 aliphatic rings. The summed E-state index contributed by atoms with van der Waals surface area (Å²) in [7, 11) is 1.41. The number of aromatic nitrogens is 2. The van der Waals surface area contributed by atoms with Crippen LogP contribution in [-0.4, -0.2) is 48.6 Å². The van der Waals surface area contributed by atoms with Crippen LogP contribution in [0.15, 0.2) is 17.5 Å². The summed E-state index contributed by atoms with van der Waals surface area (Å²) in [6, 6.07) is 1.58. The van der Waals surface area contributed by atoms with E-state index in [9.17, 15) is 31.1 Å². The van der Waals surface area contributed by atoms with E-state index in [0.717, 1.165) is 5.56 Å². The lowest BCUT2D eigenvalue weighted by molar-refractivity contribution is -0.154. The number of hydrogen-bond donors (Lipinski definition) is 1. The SMILES string of the molecule is Cc1csc(N(C)C(=O)Nc2nc(OCC(F)(F)F)cc(OCC(F)(F)F)n2)c1.